The molecule has 1 aromatic carbocycles. The van der Waals surface area contributed by atoms with Gasteiger partial charge in [-0.05, 0) is 25.1 Å². The Bertz CT molecular complexity index is 607. The first-order chi connectivity index (χ1) is 9.24. The largest absolute Gasteiger partial charge is 0.398 e. The molecule has 1 aliphatic rings. The van der Waals surface area contributed by atoms with Gasteiger partial charge in [-0.1, -0.05) is 11.6 Å². The van der Waals surface area contributed by atoms with E-state index in [-0.39, 0.29) is 22.2 Å². The minimum atomic E-state index is -3.84. The summed E-state index contributed by atoms with van der Waals surface area (Å²) in [6.45, 7) is 1.97. The average molecular weight is 321 g/mol. The van der Waals surface area contributed by atoms with Gasteiger partial charge in [0.15, 0.2) is 0 Å². The number of anilines is 1. The van der Waals surface area contributed by atoms with Crippen LogP contribution < -0.4 is 10.5 Å². The van der Waals surface area contributed by atoms with E-state index in [0.717, 1.165) is 0 Å². The predicted octanol–water partition coefficient (Wildman–Crippen LogP) is 0.740. The zero-order valence-corrected chi connectivity index (χ0v) is 12.5. The molecule has 1 aliphatic heterocycles. The van der Waals surface area contributed by atoms with Gasteiger partial charge >= 0.3 is 0 Å². The van der Waals surface area contributed by atoms with E-state index in [2.05, 4.69) is 4.72 Å². The number of hydrogen-bond acceptors (Lipinski definition) is 5. The lowest BCUT2D eigenvalue weighted by Crippen LogP contribution is -2.47. The molecule has 0 saturated carbocycles. The summed E-state index contributed by atoms with van der Waals surface area (Å²) < 4.78 is 32.0. The zero-order chi connectivity index (χ0) is 15.0. The molecule has 4 N–H and O–H groups in total. The van der Waals surface area contributed by atoms with Crippen LogP contribution in [0.15, 0.2) is 23.1 Å². The Balaban J connectivity index is 2.18. The molecule has 0 aromatic heterocycles. The normalized spacial score (nSPS) is 26.9. The van der Waals surface area contributed by atoms with Crippen molar-refractivity contribution in [3.63, 3.8) is 0 Å². The third-order valence-electron chi connectivity index (χ3n) is 3.49. The summed E-state index contributed by atoms with van der Waals surface area (Å²) in [4.78, 5) is -0.0971. The summed E-state index contributed by atoms with van der Waals surface area (Å²) in [5.41, 5.74) is 4.55. The van der Waals surface area contributed by atoms with Gasteiger partial charge in [-0.25, -0.2) is 13.1 Å². The van der Waals surface area contributed by atoms with E-state index in [1.54, 1.807) is 6.92 Å². The van der Waals surface area contributed by atoms with E-state index in [1.165, 1.54) is 18.2 Å². The summed E-state index contributed by atoms with van der Waals surface area (Å²) in [5, 5.41) is 10.6. The lowest BCUT2D eigenvalue weighted by Gasteiger charge is -2.26. The van der Waals surface area contributed by atoms with E-state index in [4.69, 9.17) is 22.1 Å². The lowest BCUT2D eigenvalue weighted by molar-refractivity contribution is -0.0228. The Morgan fingerprint density at radius 3 is 2.90 bits per heavy atom. The van der Waals surface area contributed by atoms with E-state index in [0.29, 0.717) is 13.0 Å². The first kappa shape index (κ1) is 15.5. The Morgan fingerprint density at radius 1 is 1.60 bits per heavy atom. The van der Waals surface area contributed by atoms with Gasteiger partial charge in [0.25, 0.3) is 0 Å². The number of sulfonamides is 1. The minimum absolute atomic E-state index is 0.0971. The number of hydrogen-bond donors (Lipinski definition) is 3. The van der Waals surface area contributed by atoms with Crippen molar-refractivity contribution in [1.82, 2.24) is 4.72 Å². The molecule has 8 heteroatoms. The molecule has 0 aliphatic carbocycles. The van der Waals surface area contributed by atoms with Crippen LogP contribution in [-0.2, 0) is 14.8 Å². The highest BCUT2D eigenvalue weighted by molar-refractivity contribution is 7.89. The van der Waals surface area contributed by atoms with Crippen molar-refractivity contribution in [3.05, 3.63) is 23.2 Å². The number of nitrogens with one attached hydrogen (secondary N) is 1. The Hall–Kier alpha value is -0.860. The van der Waals surface area contributed by atoms with Crippen molar-refractivity contribution in [3.8, 4) is 0 Å². The highest BCUT2D eigenvalue weighted by Gasteiger charge is 2.40. The average Bonchev–Trinajstić information content (AvgIpc) is 2.71. The fourth-order valence-electron chi connectivity index (χ4n) is 2.04. The fourth-order valence-corrected chi connectivity index (χ4v) is 3.53. The van der Waals surface area contributed by atoms with Gasteiger partial charge in [0.05, 0.1) is 11.8 Å². The van der Waals surface area contributed by atoms with Gasteiger partial charge in [-0.2, -0.15) is 0 Å². The number of ether oxygens (including phenoxy) is 1. The van der Waals surface area contributed by atoms with Crippen molar-refractivity contribution >= 4 is 27.3 Å². The summed E-state index contributed by atoms with van der Waals surface area (Å²) >= 11 is 5.78. The van der Waals surface area contributed by atoms with Crippen molar-refractivity contribution in [2.75, 3.05) is 18.9 Å². The molecule has 112 valence electrons. The molecular formula is C12H17ClN2O4S. The van der Waals surface area contributed by atoms with E-state index in [9.17, 15) is 13.5 Å². The number of nitrogens with two attached hydrogens (primary N) is 1. The van der Waals surface area contributed by atoms with Crippen molar-refractivity contribution in [2.24, 2.45) is 0 Å². The summed E-state index contributed by atoms with van der Waals surface area (Å²) in [5.74, 6) is 0. The molecule has 0 amide bonds. The topological polar surface area (TPSA) is 102 Å². The standard InChI is InChI=1S/C12H17ClN2O4S/c1-8-12(16,4-5-19-8)7-15-20(17,18)11-6-9(13)2-3-10(11)14/h2-3,6,8,15-16H,4-5,7,14H2,1H3. The third kappa shape index (κ3) is 3.07. The van der Waals surface area contributed by atoms with E-state index < -0.39 is 21.7 Å². The third-order valence-corrected chi connectivity index (χ3v) is 5.19. The molecule has 20 heavy (non-hydrogen) atoms. The molecule has 0 radical (unpaired) electrons. The first-order valence-electron chi connectivity index (χ1n) is 6.13. The van der Waals surface area contributed by atoms with Gasteiger partial charge in [0.1, 0.15) is 10.5 Å². The zero-order valence-electron chi connectivity index (χ0n) is 11.0. The highest BCUT2D eigenvalue weighted by Crippen LogP contribution is 2.27. The Morgan fingerprint density at radius 2 is 2.30 bits per heavy atom. The summed E-state index contributed by atoms with van der Waals surface area (Å²) in [7, 11) is -3.84. The van der Waals surface area contributed by atoms with Crippen molar-refractivity contribution in [2.45, 2.75) is 29.9 Å². The predicted molar refractivity (Wildman–Crippen MR) is 76.0 cm³/mol. The second kappa shape index (κ2) is 5.50. The lowest BCUT2D eigenvalue weighted by atomic mass is 9.97. The second-order valence-electron chi connectivity index (χ2n) is 4.87. The molecule has 0 spiro atoms. The molecule has 1 fully saturated rings. The SMILES string of the molecule is CC1OCCC1(O)CNS(=O)(=O)c1cc(Cl)ccc1N. The maximum atomic E-state index is 12.2. The van der Waals surface area contributed by atoms with Gasteiger partial charge in [0.2, 0.25) is 10.0 Å². The van der Waals surface area contributed by atoms with Crippen LogP contribution in [0.4, 0.5) is 5.69 Å². The Kier molecular flexibility index (Phi) is 4.27. The molecular weight excluding hydrogens is 304 g/mol. The summed E-state index contributed by atoms with van der Waals surface area (Å²) in [6, 6.07) is 4.21. The van der Waals surface area contributed by atoms with Gasteiger partial charge in [-0.15, -0.1) is 0 Å². The molecule has 2 unspecified atom stereocenters. The van der Waals surface area contributed by atoms with E-state index in [1.807, 2.05) is 0 Å². The van der Waals surface area contributed by atoms with Gasteiger partial charge in [0, 0.05) is 24.6 Å². The fraction of sp³-hybridized carbons (Fsp3) is 0.500. The van der Waals surface area contributed by atoms with Gasteiger partial charge < -0.3 is 15.6 Å². The van der Waals surface area contributed by atoms with Crippen LogP contribution in [0.1, 0.15) is 13.3 Å². The van der Waals surface area contributed by atoms with Gasteiger partial charge in [-0.3, -0.25) is 0 Å². The van der Waals surface area contributed by atoms with Crippen LogP contribution in [-0.4, -0.2) is 38.4 Å². The second-order valence-corrected chi connectivity index (χ2v) is 7.05. The maximum absolute atomic E-state index is 12.2. The molecule has 1 saturated heterocycles. The molecule has 2 rings (SSSR count). The summed E-state index contributed by atoms with van der Waals surface area (Å²) in [6.07, 6.45) is -0.0521. The number of benzene rings is 1. The number of halogens is 1. The first-order valence-corrected chi connectivity index (χ1v) is 7.99. The van der Waals surface area contributed by atoms with Crippen LogP contribution in [0.2, 0.25) is 5.02 Å². The number of rotatable bonds is 4. The monoisotopic (exact) mass is 320 g/mol. The van der Waals surface area contributed by atoms with Crippen molar-refractivity contribution < 1.29 is 18.3 Å². The maximum Gasteiger partial charge on any atom is 0.242 e. The van der Waals surface area contributed by atoms with E-state index >= 15 is 0 Å². The van der Waals surface area contributed by atoms with Crippen LogP contribution in [0.5, 0.6) is 0 Å². The quantitative estimate of drug-likeness (QED) is 0.710. The smallest absolute Gasteiger partial charge is 0.242 e. The highest BCUT2D eigenvalue weighted by atomic mass is 35.5. The Labute approximate surface area is 122 Å². The van der Waals surface area contributed by atoms with Crippen LogP contribution >= 0.6 is 11.6 Å². The number of nitrogen functional groups attached to an aromatic ring is 1. The molecule has 6 nitrogen and oxygen atoms in total. The molecule has 1 heterocycles. The molecule has 1 aromatic rings. The van der Waals surface area contributed by atoms with Crippen LogP contribution in [0, 0.1) is 0 Å². The van der Waals surface area contributed by atoms with Crippen LogP contribution in [0.3, 0.4) is 0 Å². The van der Waals surface area contributed by atoms with Crippen molar-refractivity contribution in [1.29, 1.82) is 0 Å². The molecule has 2 atom stereocenters. The minimum Gasteiger partial charge on any atom is -0.398 e. The molecule has 0 bridgehead atoms. The number of aliphatic hydroxyl groups is 1. The van der Waals surface area contributed by atoms with Crippen LogP contribution in [0.25, 0.3) is 0 Å².